The molecule has 0 radical (unpaired) electrons. The SMILES string of the molecule is CC(C)OCCN1CCN(C(=O)CNC(=O)CN)CC1.Cl.Cl. The van der Waals surface area contributed by atoms with Gasteiger partial charge in [0.2, 0.25) is 11.8 Å². The third kappa shape index (κ3) is 9.42. The van der Waals surface area contributed by atoms with Crippen LogP contribution in [0.1, 0.15) is 13.8 Å². The topological polar surface area (TPSA) is 87.9 Å². The van der Waals surface area contributed by atoms with Gasteiger partial charge in [-0.1, -0.05) is 0 Å². The van der Waals surface area contributed by atoms with Gasteiger partial charge in [-0.15, -0.1) is 24.8 Å². The summed E-state index contributed by atoms with van der Waals surface area (Å²) in [6, 6.07) is 0. The van der Waals surface area contributed by atoms with Crippen LogP contribution in [0.15, 0.2) is 0 Å². The summed E-state index contributed by atoms with van der Waals surface area (Å²) < 4.78 is 5.51. The zero-order valence-corrected chi connectivity index (χ0v) is 14.9. The summed E-state index contributed by atoms with van der Waals surface area (Å²) in [6.45, 7) is 8.68. The number of nitrogens with zero attached hydrogens (tertiary/aromatic N) is 2. The Hall–Kier alpha value is -0.600. The van der Waals surface area contributed by atoms with E-state index in [4.69, 9.17) is 10.5 Å². The molecule has 0 spiro atoms. The van der Waals surface area contributed by atoms with Crippen molar-refractivity contribution in [2.24, 2.45) is 5.73 Å². The van der Waals surface area contributed by atoms with Crippen LogP contribution in [0.5, 0.6) is 0 Å². The van der Waals surface area contributed by atoms with Crippen molar-refractivity contribution in [3.8, 4) is 0 Å². The summed E-state index contributed by atoms with van der Waals surface area (Å²) in [4.78, 5) is 26.9. The zero-order valence-electron chi connectivity index (χ0n) is 13.2. The standard InChI is InChI=1S/C13H26N4O3.2ClH/c1-11(2)20-8-7-16-3-5-17(6-4-16)13(19)10-15-12(18)9-14;;/h11H,3-10,14H2,1-2H3,(H,15,18);2*1H. The van der Waals surface area contributed by atoms with Gasteiger partial charge in [-0.2, -0.15) is 0 Å². The maximum absolute atomic E-state index is 11.9. The summed E-state index contributed by atoms with van der Waals surface area (Å²) in [6.07, 6.45) is 0.254. The number of carbonyl (C=O) groups excluding carboxylic acids is 2. The molecule has 0 aromatic heterocycles. The number of nitrogens with one attached hydrogen (secondary N) is 1. The van der Waals surface area contributed by atoms with Crippen molar-refractivity contribution >= 4 is 36.6 Å². The first kappa shape index (κ1) is 23.7. The van der Waals surface area contributed by atoms with Crippen molar-refractivity contribution in [1.82, 2.24) is 15.1 Å². The molecule has 1 heterocycles. The van der Waals surface area contributed by atoms with Gasteiger partial charge in [-0.05, 0) is 13.8 Å². The van der Waals surface area contributed by atoms with Gasteiger partial charge in [-0.3, -0.25) is 14.5 Å². The zero-order chi connectivity index (χ0) is 15.0. The van der Waals surface area contributed by atoms with Crippen LogP contribution in [0.2, 0.25) is 0 Å². The van der Waals surface area contributed by atoms with Gasteiger partial charge in [0.15, 0.2) is 0 Å². The number of amides is 2. The molecule has 1 rings (SSSR count). The number of ether oxygens (including phenoxy) is 1. The van der Waals surface area contributed by atoms with Crippen molar-refractivity contribution in [3.05, 3.63) is 0 Å². The van der Waals surface area contributed by atoms with E-state index in [-0.39, 0.29) is 55.8 Å². The summed E-state index contributed by atoms with van der Waals surface area (Å²) >= 11 is 0. The van der Waals surface area contributed by atoms with E-state index >= 15 is 0 Å². The average Bonchev–Trinajstić information content (AvgIpc) is 2.44. The highest BCUT2D eigenvalue weighted by atomic mass is 35.5. The quantitative estimate of drug-likeness (QED) is 0.638. The molecule has 0 unspecified atom stereocenters. The van der Waals surface area contributed by atoms with Crippen LogP contribution in [0, 0.1) is 0 Å². The van der Waals surface area contributed by atoms with Gasteiger partial charge in [0.25, 0.3) is 0 Å². The molecule has 0 saturated carbocycles. The summed E-state index contributed by atoms with van der Waals surface area (Å²) in [7, 11) is 0. The Morgan fingerprint density at radius 1 is 1.18 bits per heavy atom. The Kier molecular flexibility index (Phi) is 13.9. The molecule has 22 heavy (non-hydrogen) atoms. The Bertz CT molecular complexity index is 324. The summed E-state index contributed by atoms with van der Waals surface area (Å²) in [5, 5.41) is 2.50. The molecule has 9 heteroatoms. The minimum Gasteiger partial charge on any atom is -0.377 e. The lowest BCUT2D eigenvalue weighted by molar-refractivity contribution is -0.134. The van der Waals surface area contributed by atoms with Crippen molar-refractivity contribution in [3.63, 3.8) is 0 Å². The third-order valence-electron chi connectivity index (χ3n) is 3.21. The molecule has 0 aliphatic carbocycles. The monoisotopic (exact) mass is 358 g/mol. The molecular formula is C13H28Cl2N4O3. The van der Waals surface area contributed by atoms with Gasteiger partial charge in [0, 0.05) is 32.7 Å². The Balaban J connectivity index is 0. The molecule has 1 aliphatic heterocycles. The highest BCUT2D eigenvalue weighted by Crippen LogP contribution is 2.02. The second kappa shape index (κ2) is 12.9. The van der Waals surface area contributed by atoms with E-state index in [0.717, 1.165) is 26.2 Å². The summed E-state index contributed by atoms with van der Waals surface area (Å²) in [5.41, 5.74) is 5.17. The van der Waals surface area contributed by atoms with Crippen molar-refractivity contribution in [1.29, 1.82) is 0 Å². The van der Waals surface area contributed by atoms with E-state index in [2.05, 4.69) is 10.2 Å². The number of halogens is 2. The van der Waals surface area contributed by atoms with Crippen LogP contribution in [-0.2, 0) is 14.3 Å². The minimum atomic E-state index is -0.303. The number of carbonyl (C=O) groups is 2. The minimum absolute atomic E-state index is 0. The van der Waals surface area contributed by atoms with Crippen molar-refractivity contribution in [2.45, 2.75) is 20.0 Å². The van der Waals surface area contributed by atoms with Crippen LogP contribution in [0.25, 0.3) is 0 Å². The fourth-order valence-corrected chi connectivity index (χ4v) is 2.00. The molecule has 1 aliphatic rings. The summed E-state index contributed by atoms with van der Waals surface area (Å²) in [5.74, 6) is -0.354. The third-order valence-corrected chi connectivity index (χ3v) is 3.21. The van der Waals surface area contributed by atoms with Crippen molar-refractivity contribution in [2.75, 3.05) is 52.4 Å². The van der Waals surface area contributed by atoms with Crippen LogP contribution in [-0.4, -0.2) is 80.1 Å². The van der Waals surface area contributed by atoms with Gasteiger partial charge in [0.05, 0.1) is 25.8 Å². The number of hydrogen-bond acceptors (Lipinski definition) is 5. The Morgan fingerprint density at radius 2 is 1.77 bits per heavy atom. The number of nitrogens with two attached hydrogens (primary N) is 1. The highest BCUT2D eigenvalue weighted by molar-refractivity contribution is 5.86. The van der Waals surface area contributed by atoms with Crippen LogP contribution < -0.4 is 11.1 Å². The predicted octanol–water partition coefficient (Wildman–Crippen LogP) is -0.526. The van der Waals surface area contributed by atoms with Gasteiger partial charge >= 0.3 is 0 Å². The van der Waals surface area contributed by atoms with Crippen LogP contribution in [0.3, 0.4) is 0 Å². The highest BCUT2D eigenvalue weighted by Gasteiger charge is 2.20. The number of rotatable bonds is 7. The fraction of sp³-hybridized carbons (Fsp3) is 0.846. The molecule has 2 amide bonds. The Morgan fingerprint density at radius 3 is 2.27 bits per heavy atom. The van der Waals surface area contributed by atoms with Gasteiger partial charge in [-0.25, -0.2) is 0 Å². The van der Waals surface area contributed by atoms with Crippen LogP contribution >= 0.6 is 24.8 Å². The normalized spacial score (nSPS) is 15.0. The molecule has 0 aromatic rings. The van der Waals surface area contributed by atoms with E-state index in [9.17, 15) is 9.59 Å². The first-order valence-electron chi connectivity index (χ1n) is 7.11. The van der Waals surface area contributed by atoms with Crippen molar-refractivity contribution < 1.29 is 14.3 Å². The second-order valence-electron chi connectivity index (χ2n) is 5.12. The van der Waals surface area contributed by atoms with E-state index in [0.29, 0.717) is 13.1 Å². The molecule has 0 bridgehead atoms. The second-order valence-corrected chi connectivity index (χ2v) is 5.12. The smallest absolute Gasteiger partial charge is 0.242 e. The van der Waals surface area contributed by atoms with E-state index in [1.54, 1.807) is 4.90 Å². The van der Waals surface area contributed by atoms with Crippen LogP contribution in [0.4, 0.5) is 0 Å². The van der Waals surface area contributed by atoms with E-state index in [1.807, 2.05) is 13.8 Å². The molecule has 1 fully saturated rings. The molecule has 3 N–H and O–H groups in total. The first-order chi connectivity index (χ1) is 9.52. The van der Waals surface area contributed by atoms with E-state index < -0.39 is 0 Å². The average molecular weight is 359 g/mol. The maximum Gasteiger partial charge on any atom is 0.242 e. The molecule has 1 saturated heterocycles. The lowest BCUT2D eigenvalue weighted by Gasteiger charge is -2.34. The predicted molar refractivity (Wildman–Crippen MR) is 90.7 cm³/mol. The Labute approximate surface area is 144 Å². The number of piperazine rings is 1. The maximum atomic E-state index is 11.9. The van der Waals surface area contributed by atoms with Gasteiger partial charge in [0.1, 0.15) is 0 Å². The lowest BCUT2D eigenvalue weighted by atomic mass is 10.3. The molecule has 7 nitrogen and oxygen atoms in total. The number of hydrogen-bond donors (Lipinski definition) is 2. The molecular weight excluding hydrogens is 331 g/mol. The molecule has 132 valence electrons. The van der Waals surface area contributed by atoms with Gasteiger partial charge < -0.3 is 20.7 Å². The lowest BCUT2D eigenvalue weighted by Crippen LogP contribution is -2.52. The first-order valence-corrected chi connectivity index (χ1v) is 7.11. The van der Waals surface area contributed by atoms with E-state index in [1.165, 1.54) is 0 Å². The molecule has 0 aromatic carbocycles. The molecule has 0 atom stereocenters. The fourth-order valence-electron chi connectivity index (χ4n) is 2.00. The largest absolute Gasteiger partial charge is 0.377 e.